The van der Waals surface area contributed by atoms with Crippen LogP contribution in [0.3, 0.4) is 0 Å². The summed E-state index contributed by atoms with van der Waals surface area (Å²) in [6, 6.07) is 14.6. The molecule has 0 fully saturated rings. The van der Waals surface area contributed by atoms with Gasteiger partial charge >= 0.3 is 0 Å². The van der Waals surface area contributed by atoms with Crippen LogP contribution < -0.4 is 20.1 Å². The van der Waals surface area contributed by atoms with E-state index in [0.29, 0.717) is 31.1 Å². The van der Waals surface area contributed by atoms with Gasteiger partial charge in [-0.2, -0.15) is 0 Å². The van der Waals surface area contributed by atoms with Crippen LogP contribution in [0.4, 0.5) is 5.82 Å². The molecule has 0 spiro atoms. The lowest BCUT2D eigenvalue weighted by Gasteiger charge is -2.09. The molecule has 1 amide bonds. The van der Waals surface area contributed by atoms with Gasteiger partial charge in [-0.05, 0) is 54.1 Å². The molecule has 2 heterocycles. The van der Waals surface area contributed by atoms with Gasteiger partial charge in [0, 0.05) is 25.1 Å². The molecule has 144 valence electrons. The molecule has 2 aromatic heterocycles. The van der Waals surface area contributed by atoms with E-state index in [4.69, 9.17) is 9.47 Å². The second kappa shape index (κ2) is 9.91. The van der Waals surface area contributed by atoms with Crippen LogP contribution >= 0.6 is 0 Å². The van der Waals surface area contributed by atoms with E-state index in [2.05, 4.69) is 20.6 Å². The molecule has 2 N–H and O–H groups in total. The van der Waals surface area contributed by atoms with Crippen LogP contribution in [0.25, 0.3) is 0 Å². The van der Waals surface area contributed by atoms with E-state index in [0.717, 1.165) is 17.1 Å². The first-order chi connectivity index (χ1) is 13.7. The Kier molecular flexibility index (Phi) is 6.78. The second-order valence-corrected chi connectivity index (χ2v) is 5.92. The number of carbonyl (C=O) groups excluding carboxylic acids is 1. The number of ether oxygens (including phenoxy) is 2. The number of nitrogens with one attached hydrogen (secondary N) is 2. The van der Waals surface area contributed by atoms with E-state index in [1.165, 1.54) is 0 Å². The average molecular weight is 378 g/mol. The van der Waals surface area contributed by atoms with Crippen LogP contribution in [0.5, 0.6) is 11.5 Å². The second-order valence-electron chi connectivity index (χ2n) is 5.92. The normalized spacial score (nSPS) is 10.2. The largest absolute Gasteiger partial charge is 0.497 e. The first-order valence-electron chi connectivity index (χ1n) is 8.88. The number of anilines is 1. The number of hydrogen-bond acceptors (Lipinski definition) is 6. The molecular weight excluding hydrogens is 356 g/mol. The van der Waals surface area contributed by atoms with Crippen molar-refractivity contribution in [2.24, 2.45) is 0 Å². The molecule has 3 aromatic rings. The number of hydrogen-bond donors (Lipinski definition) is 2. The van der Waals surface area contributed by atoms with E-state index in [1.54, 1.807) is 37.8 Å². The summed E-state index contributed by atoms with van der Waals surface area (Å²) < 4.78 is 10.8. The fourth-order valence-corrected chi connectivity index (χ4v) is 2.44. The maximum atomic E-state index is 12.2. The zero-order valence-corrected chi connectivity index (χ0v) is 15.6. The van der Waals surface area contributed by atoms with Crippen molar-refractivity contribution >= 4 is 11.7 Å². The van der Waals surface area contributed by atoms with E-state index in [1.807, 2.05) is 36.4 Å². The van der Waals surface area contributed by atoms with Gasteiger partial charge in [0.15, 0.2) is 0 Å². The molecule has 7 heteroatoms. The molecule has 0 aliphatic heterocycles. The van der Waals surface area contributed by atoms with Crippen molar-refractivity contribution in [1.29, 1.82) is 0 Å². The molecule has 7 nitrogen and oxygen atoms in total. The molecule has 28 heavy (non-hydrogen) atoms. The first kappa shape index (κ1) is 19.2. The molecule has 0 saturated heterocycles. The van der Waals surface area contributed by atoms with Crippen molar-refractivity contribution in [3.05, 3.63) is 78.2 Å². The van der Waals surface area contributed by atoms with E-state index >= 15 is 0 Å². The monoisotopic (exact) mass is 378 g/mol. The van der Waals surface area contributed by atoms with Gasteiger partial charge in [0.05, 0.1) is 19.2 Å². The van der Waals surface area contributed by atoms with Gasteiger partial charge in [0.2, 0.25) is 0 Å². The van der Waals surface area contributed by atoms with Crippen LogP contribution in [0, 0.1) is 0 Å². The van der Waals surface area contributed by atoms with Crippen molar-refractivity contribution in [2.75, 3.05) is 25.6 Å². The highest BCUT2D eigenvalue weighted by atomic mass is 16.5. The van der Waals surface area contributed by atoms with E-state index in [9.17, 15) is 4.79 Å². The minimum atomic E-state index is -0.168. The summed E-state index contributed by atoms with van der Waals surface area (Å²) in [6.45, 7) is 1.53. The fourth-order valence-electron chi connectivity index (χ4n) is 2.44. The summed E-state index contributed by atoms with van der Waals surface area (Å²) in [7, 11) is 1.63. The van der Waals surface area contributed by atoms with Crippen molar-refractivity contribution in [3.63, 3.8) is 0 Å². The van der Waals surface area contributed by atoms with Crippen molar-refractivity contribution in [2.45, 2.75) is 6.54 Å². The predicted molar refractivity (Wildman–Crippen MR) is 107 cm³/mol. The lowest BCUT2D eigenvalue weighted by molar-refractivity contribution is 0.0950. The van der Waals surface area contributed by atoms with Gasteiger partial charge in [-0.25, -0.2) is 4.98 Å². The summed E-state index contributed by atoms with van der Waals surface area (Å²) >= 11 is 0. The minimum Gasteiger partial charge on any atom is -0.497 e. The molecule has 0 bridgehead atoms. The lowest BCUT2D eigenvalue weighted by Crippen LogP contribution is -2.23. The number of benzene rings is 1. The third-order valence-corrected chi connectivity index (χ3v) is 3.96. The maximum Gasteiger partial charge on any atom is 0.253 e. The molecule has 1 aromatic carbocycles. The van der Waals surface area contributed by atoms with Gasteiger partial charge in [0.1, 0.15) is 23.9 Å². The standard InChI is InChI=1S/C21H22N4O3/c1-27-18-3-5-19(6-4-18)28-13-12-23-20-7-2-17(15-24-20)21(26)25-14-16-8-10-22-11-9-16/h2-11,15H,12-14H2,1H3,(H,23,24)(H,25,26). The van der Waals surface area contributed by atoms with Gasteiger partial charge in [-0.1, -0.05) is 0 Å². The Morgan fingerprint density at radius 3 is 2.43 bits per heavy atom. The average Bonchev–Trinajstić information content (AvgIpc) is 2.76. The fraction of sp³-hybridized carbons (Fsp3) is 0.190. The number of carbonyl (C=O) groups is 1. The van der Waals surface area contributed by atoms with Crippen molar-refractivity contribution < 1.29 is 14.3 Å². The Labute approximate surface area is 163 Å². The number of amides is 1. The molecular formula is C21H22N4O3. The highest BCUT2D eigenvalue weighted by Crippen LogP contribution is 2.16. The number of rotatable bonds is 9. The van der Waals surface area contributed by atoms with Gasteiger partial charge < -0.3 is 20.1 Å². The van der Waals surface area contributed by atoms with Crippen LogP contribution in [0.15, 0.2) is 67.1 Å². The van der Waals surface area contributed by atoms with Crippen LogP contribution in [-0.4, -0.2) is 36.1 Å². The maximum absolute atomic E-state index is 12.2. The Balaban J connectivity index is 1.40. The number of methoxy groups -OCH3 is 1. The third kappa shape index (κ3) is 5.70. The Bertz CT molecular complexity index is 868. The highest BCUT2D eigenvalue weighted by molar-refractivity contribution is 5.93. The van der Waals surface area contributed by atoms with Crippen LogP contribution in [-0.2, 0) is 6.54 Å². The molecule has 0 atom stereocenters. The summed E-state index contributed by atoms with van der Waals surface area (Å²) in [5.41, 5.74) is 1.50. The van der Waals surface area contributed by atoms with Crippen molar-refractivity contribution in [3.8, 4) is 11.5 Å². The highest BCUT2D eigenvalue weighted by Gasteiger charge is 2.06. The molecule has 0 radical (unpaired) electrons. The lowest BCUT2D eigenvalue weighted by atomic mass is 10.2. The zero-order chi connectivity index (χ0) is 19.6. The van der Waals surface area contributed by atoms with E-state index < -0.39 is 0 Å². The zero-order valence-electron chi connectivity index (χ0n) is 15.6. The molecule has 0 aliphatic rings. The summed E-state index contributed by atoms with van der Waals surface area (Å²) in [6.07, 6.45) is 4.94. The molecule has 0 aliphatic carbocycles. The predicted octanol–water partition coefficient (Wildman–Crippen LogP) is 2.91. The van der Waals surface area contributed by atoms with Gasteiger partial charge in [-0.3, -0.25) is 9.78 Å². The number of pyridine rings is 2. The Morgan fingerprint density at radius 1 is 1.00 bits per heavy atom. The van der Waals surface area contributed by atoms with Crippen LogP contribution in [0.2, 0.25) is 0 Å². The Hall–Kier alpha value is -3.61. The smallest absolute Gasteiger partial charge is 0.253 e. The quantitative estimate of drug-likeness (QED) is 0.557. The molecule has 0 saturated carbocycles. The topological polar surface area (TPSA) is 85.4 Å². The van der Waals surface area contributed by atoms with Crippen molar-refractivity contribution in [1.82, 2.24) is 15.3 Å². The third-order valence-electron chi connectivity index (χ3n) is 3.96. The Morgan fingerprint density at radius 2 is 1.75 bits per heavy atom. The summed E-state index contributed by atoms with van der Waals surface area (Å²) in [5, 5.41) is 6.02. The van der Waals surface area contributed by atoms with Crippen LogP contribution in [0.1, 0.15) is 15.9 Å². The van der Waals surface area contributed by atoms with E-state index in [-0.39, 0.29) is 5.91 Å². The number of nitrogens with zero attached hydrogens (tertiary/aromatic N) is 2. The van der Waals surface area contributed by atoms with Gasteiger partial charge in [-0.15, -0.1) is 0 Å². The SMILES string of the molecule is COc1ccc(OCCNc2ccc(C(=O)NCc3ccncc3)cn2)cc1. The minimum absolute atomic E-state index is 0.168. The summed E-state index contributed by atoms with van der Waals surface area (Å²) in [5.74, 6) is 2.08. The summed E-state index contributed by atoms with van der Waals surface area (Å²) in [4.78, 5) is 20.4. The molecule has 3 rings (SSSR count). The number of aromatic nitrogens is 2. The van der Waals surface area contributed by atoms with Gasteiger partial charge in [0.25, 0.3) is 5.91 Å². The molecule has 0 unspecified atom stereocenters. The first-order valence-corrected chi connectivity index (χ1v) is 8.88.